The van der Waals surface area contributed by atoms with Crippen molar-refractivity contribution in [2.75, 3.05) is 23.3 Å². The van der Waals surface area contributed by atoms with Gasteiger partial charge in [0.2, 0.25) is 5.95 Å². The fourth-order valence-corrected chi connectivity index (χ4v) is 2.85. The zero-order valence-corrected chi connectivity index (χ0v) is 13.2. The SMILES string of the molecule is FC(F)(F)c1ccccc1Nc1nccc(N2CCCCCC2)n1. The van der Waals surface area contributed by atoms with Gasteiger partial charge in [0.05, 0.1) is 11.3 Å². The summed E-state index contributed by atoms with van der Waals surface area (Å²) in [5.74, 6) is 0.923. The summed E-state index contributed by atoms with van der Waals surface area (Å²) < 4.78 is 39.2. The fraction of sp³-hybridized carbons (Fsp3) is 0.412. The van der Waals surface area contributed by atoms with E-state index in [1.165, 1.54) is 25.0 Å². The molecule has 1 aliphatic rings. The van der Waals surface area contributed by atoms with E-state index in [1.54, 1.807) is 18.3 Å². The van der Waals surface area contributed by atoms with Gasteiger partial charge in [-0.2, -0.15) is 18.2 Å². The molecule has 7 heteroatoms. The van der Waals surface area contributed by atoms with Gasteiger partial charge in [-0.15, -0.1) is 0 Å². The number of para-hydroxylation sites is 1. The number of halogens is 3. The van der Waals surface area contributed by atoms with Gasteiger partial charge in [0, 0.05) is 19.3 Å². The first-order chi connectivity index (χ1) is 11.5. The molecule has 2 heterocycles. The van der Waals surface area contributed by atoms with E-state index in [0.29, 0.717) is 0 Å². The highest BCUT2D eigenvalue weighted by Crippen LogP contribution is 2.35. The van der Waals surface area contributed by atoms with Crippen LogP contribution in [0.5, 0.6) is 0 Å². The predicted molar refractivity (Wildman–Crippen MR) is 87.4 cm³/mol. The summed E-state index contributed by atoms with van der Waals surface area (Å²) in [6.07, 6.45) is 1.75. The highest BCUT2D eigenvalue weighted by Gasteiger charge is 2.33. The lowest BCUT2D eigenvalue weighted by molar-refractivity contribution is -0.136. The van der Waals surface area contributed by atoms with Crippen LogP contribution in [0, 0.1) is 0 Å². The molecule has 0 unspecified atom stereocenters. The molecule has 128 valence electrons. The lowest BCUT2D eigenvalue weighted by Crippen LogP contribution is -2.25. The Hall–Kier alpha value is -2.31. The summed E-state index contributed by atoms with van der Waals surface area (Å²) in [5, 5.41) is 2.71. The summed E-state index contributed by atoms with van der Waals surface area (Å²) in [7, 11) is 0. The van der Waals surface area contributed by atoms with E-state index in [0.717, 1.165) is 37.8 Å². The maximum absolute atomic E-state index is 13.1. The Morgan fingerprint density at radius 2 is 1.67 bits per heavy atom. The topological polar surface area (TPSA) is 41.1 Å². The summed E-state index contributed by atoms with van der Waals surface area (Å²) >= 11 is 0. The van der Waals surface area contributed by atoms with E-state index in [9.17, 15) is 13.2 Å². The molecule has 0 spiro atoms. The lowest BCUT2D eigenvalue weighted by Gasteiger charge is -2.21. The second kappa shape index (κ2) is 7.07. The van der Waals surface area contributed by atoms with Crippen molar-refractivity contribution in [3.05, 3.63) is 42.1 Å². The first-order valence-corrected chi connectivity index (χ1v) is 8.05. The zero-order chi connectivity index (χ0) is 17.0. The van der Waals surface area contributed by atoms with E-state index in [2.05, 4.69) is 20.2 Å². The molecule has 2 aromatic rings. The Morgan fingerprint density at radius 1 is 0.958 bits per heavy atom. The molecular weight excluding hydrogens is 317 g/mol. The van der Waals surface area contributed by atoms with Crippen molar-refractivity contribution < 1.29 is 13.2 Å². The molecule has 1 N–H and O–H groups in total. The monoisotopic (exact) mass is 336 g/mol. The van der Waals surface area contributed by atoms with Crippen molar-refractivity contribution in [3.8, 4) is 0 Å². The van der Waals surface area contributed by atoms with E-state index >= 15 is 0 Å². The Bertz CT molecular complexity index is 680. The highest BCUT2D eigenvalue weighted by molar-refractivity contribution is 5.60. The molecule has 0 radical (unpaired) electrons. The summed E-state index contributed by atoms with van der Waals surface area (Å²) in [5.41, 5.74) is -0.771. The van der Waals surface area contributed by atoms with Crippen molar-refractivity contribution >= 4 is 17.5 Å². The number of hydrogen-bond acceptors (Lipinski definition) is 4. The van der Waals surface area contributed by atoms with Crippen LogP contribution in [0.25, 0.3) is 0 Å². The molecule has 1 aliphatic heterocycles. The van der Waals surface area contributed by atoms with Gasteiger partial charge in [-0.05, 0) is 31.0 Å². The van der Waals surface area contributed by atoms with Crippen molar-refractivity contribution in [2.45, 2.75) is 31.9 Å². The summed E-state index contributed by atoms with van der Waals surface area (Å²) in [6, 6.07) is 7.14. The maximum atomic E-state index is 13.1. The molecule has 0 bridgehead atoms. The molecule has 1 fully saturated rings. The van der Waals surface area contributed by atoms with Gasteiger partial charge in [-0.25, -0.2) is 4.98 Å². The molecule has 1 aromatic heterocycles. The van der Waals surface area contributed by atoms with Crippen molar-refractivity contribution in [2.24, 2.45) is 0 Å². The third-order valence-corrected chi connectivity index (χ3v) is 4.05. The average Bonchev–Trinajstić information content (AvgIpc) is 2.84. The van der Waals surface area contributed by atoms with E-state index < -0.39 is 11.7 Å². The minimum Gasteiger partial charge on any atom is -0.356 e. The Labute approximate surface area is 138 Å². The first-order valence-electron chi connectivity index (χ1n) is 8.05. The van der Waals surface area contributed by atoms with Crippen LogP contribution in [0.15, 0.2) is 36.5 Å². The van der Waals surface area contributed by atoms with Crippen molar-refractivity contribution in [1.29, 1.82) is 0 Å². The Balaban J connectivity index is 1.83. The number of rotatable bonds is 3. The van der Waals surface area contributed by atoms with E-state index in [4.69, 9.17) is 0 Å². The van der Waals surface area contributed by atoms with Crippen LogP contribution >= 0.6 is 0 Å². The second-order valence-electron chi connectivity index (χ2n) is 5.81. The number of aromatic nitrogens is 2. The molecule has 0 atom stereocenters. The molecule has 3 rings (SSSR count). The minimum atomic E-state index is -4.42. The molecule has 0 aliphatic carbocycles. The number of alkyl halides is 3. The van der Waals surface area contributed by atoms with Gasteiger partial charge in [0.25, 0.3) is 0 Å². The first kappa shape index (κ1) is 16.5. The molecule has 24 heavy (non-hydrogen) atoms. The number of benzene rings is 1. The van der Waals surface area contributed by atoms with Crippen molar-refractivity contribution in [1.82, 2.24) is 9.97 Å². The summed E-state index contributed by atoms with van der Waals surface area (Å²) in [4.78, 5) is 10.6. The largest absolute Gasteiger partial charge is 0.418 e. The van der Waals surface area contributed by atoms with E-state index in [-0.39, 0.29) is 11.6 Å². The van der Waals surface area contributed by atoms with Crippen LogP contribution in [0.4, 0.5) is 30.6 Å². The predicted octanol–water partition coefficient (Wildman–Crippen LogP) is 4.62. The molecule has 0 saturated carbocycles. The minimum absolute atomic E-state index is 0.0435. The Morgan fingerprint density at radius 3 is 2.38 bits per heavy atom. The van der Waals surface area contributed by atoms with Crippen LogP contribution in [-0.2, 0) is 6.18 Å². The highest BCUT2D eigenvalue weighted by atomic mass is 19.4. The van der Waals surface area contributed by atoms with Gasteiger partial charge >= 0.3 is 6.18 Å². The van der Waals surface area contributed by atoms with Gasteiger partial charge in [-0.1, -0.05) is 25.0 Å². The standard InChI is InChI=1S/C17H19F3N4/c18-17(19,20)13-7-3-4-8-14(13)22-16-21-10-9-15(23-16)24-11-5-1-2-6-12-24/h3-4,7-10H,1-2,5-6,11-12H2,(H,21,22,23). The molecule has 1 aromatic carbocycles. The van der Waals surface area contributed by atoms with Crippen LogP contribution in [-0.4, -0.2) is 23.1 Å². The number of nitrogens with one attached hydrogen (secondary N) is 1. The smallest absolute Gasteiger partial charge is 0.356 e. The fourth-order valence-electron chi connectivity index (χ4n) is 2.85. The molecular formula is C17H19F3N4. The van der Waals surface area contributed by atoms with E-state index in [1.807, 2.05) is 0 Å². The number of nitrogens with zero attached hydrogens (tertiary/aromatic N) is 3. The van der Waals surface area contributed by atoms with Gasteiger partial charge in [0.1, 0.15) is 5.82 Å². The van der Waals surface area contributed by atoms with Crippen LogP contribution in [0.1, 0.15) is 31.2 Å². The summed E-state index contributed by atoms with van der Waals surface area (Å²) in [6.45, 7) is 1.82. The third-order valence-electron chi connectivity index (χ3n) is 4.05. The second-order valence-corrected chi connectivity index (χ2v) is 5.81. The molecule has 0 amide bonds. The van der Waals surface area contributed by atoms with Crippen LogP contribution in [0.2, 0.25) is 0 Å². The normalized spacial score (nSPS) is 15.9. The third kappa shape index (κ3) is 3.96. The van der Waals surface area contributed by atoms with Crippen LogP contribution in [0.3, 0.4) is 0 Å². The quantitative estimate of drug-likeness (QED) is 0.888. The average molecular weight is 336 g/mol. The maximum Gasteiger partial charge on any atom is 0.418 e. The zero-order valence-electron chi connectivity index (χ0n) is 13.2. The van der Waals surface area contributed by atoms with Crippen LogP contribution < -0.4 is 10.2 Å². The number of hydrogen-bond donors (Lipinski definition) is 1. The van der Waals surface area contributed by atoms with Gasteiger partial charge < -0.3 is 10.2 Å². The molecule has 4 nitrogen and oxygen atoms in total. The molecule has 1 saturated heterocycles. The Kier molecular flexibility index (Phi) is 4.87. The van der Waals surface area contributed by atoms with Crippen molar-refractivity contribution in [3.63, 3.8) is 0 Å². The van der Waals surface area contributed by atoms with Gasteiger partial charge in [-0.3, -0.25) is 0 Å². The number of anilines is 3. The van der Waals surface area contributed by atoms with Gasteiger partial charge in [0.15, 0.2) is 0 Å². The lowest BCUT2D eigenvalue weighted by atomic mass is 10.1.